The molecule has 0 aromatic rings. The summed E-state index contributed by atoms with van der Waals surface area (Å²) in [4.78, 5) is 24.6. The summed E-state index contributed by atoms with van der Waals surface area (Å²) in [7, 11) is 0. The number of esters is 1. The van der Waals surface area contributed by atoms with E-state index < -0.39 is 12.1 Å². The predicted octanol–water partition coefficient (Wildman–Crippen LogP) is 20.6. The van der Waals surface area contributed by atoms with Crippen molar-refractivity contribution in [2.24, 2.45) is 0 Å². The van der Waals surface area contributed by atoms with Crippen LogP contribution >= 0.6 is 0 Å². The number of unbranched alkanes of at least 4 members (excludes halogenated alkanes) is 48. The van der Waals surface area contributed by atoms with Crippen LogP contribution in [0, 0.1) is 0 Å². The maximum atomic E-state index is 12.5. The van der Waals surface area contributed by atoms with Gasteiger partial charge in [0.25, 0.3) is 0 Å². The number of hydrogen-bond acceptors (Lipinski definition) is 5. The minimum absolute atomic E-state index is 0.00235. The molecule has 0 aromatic carbocycles. The number of rotatable bonds is 61. The first-order chi connectivity index (χ1) is 35.5. The van der Waals surface area contributed by atoms with Gasteiger partial charge in [-0.05, 0) is 57.8 Å². The second-order valence-electron chi connectivity index (χ2n) is 22.5. The highest BCUT2D eigenvalue weighted by molar-refractivity contribution is 5.76. The number of aliphatic hydroxyl groups is 2. The fraction of sp³-hybridized carbons (Fsp3) is 0.909. The van der Waals surface area contributed by atoms with Gasteiger partial charge in [0, 0.05) is 12.8 Å². The summed E-state index contributed by atoms with van der Waals surface area (Å²) in [6.45, 7) is 4.92. The molecule has 0 rings (SSSR count). The lowest BCUT2D eigenvalue weighted by Gasteiger charge is -2.20. The Morgan fingerprint density at radius 3 is 0.986 bits per heavy atom. The molecule has 0 aliphatic carbocycles. The first-order valence-corrected chi connectivity index (χ1v) is 32.6. The third kappa shape index (κ3) is 57.6. The number of carbonyl (C=O) groups is 2. The Labute approximate surface area is 450 Å². The molecule has 0 saturated carbocycles. The number of allylic oxidation sites excluding steroid dienone is 3. The highest BCUT2D eigenvalue weighted by Crippen LogP contribution is 2.18. The van der Waals surface area contributed by atoms with E-state index >= 15 is 0 Å². The second kappa shape index (κ2) is 61.9. The zero-order chi connectivity index (χ0) is 52.2. The SMILES string of the molecule is CCCCCCCCC/C=C\CCCCCCCCCC(=O)OCCCCCCCCCCCCCCCCCCCC(=O)NC(CO)C(O)/C=C/CCCCCCCCCCCCCCCCCCCC. The van der Waals surface area contributed by atoms with Crippen molar-refractivity contribution in [3.8, 4) is 0 Å². The van der Waals surface area contributed by atoms with Gasteiger partial charge in [-0.1, -0.05) is 314 Å². The molecule has 0 aliphatic rings. The van der Waals surface area contributed by atoms with Gasteiger partial charge in [0.05, 0.1) is 25.4 Å². The van der Waals surface area contributed by atoms with Crippen molar-refractivity contribution in [1.29, 1.82) is 0 Å². The molecule has 426 valence electrons. The van der Waals surface area contributed by atoms with E-state index in [1.807, 2.05) is 6.08 Å². The zero-order valence-electron chi connectivity index (χ0n) is 48.7. The van der Waals surface area contributed by atoms with Crippen LogP contribution in [-0.2, 0) is 14.3 Å². The Balaban J connectivity index is 3.43. The van der Waals surface area contributed by atoms with Gasteiger partial charge >= 0.3 is 5.97 Å². The normalized spacial score (nSPS) is 12.7. The predicted molar refractivity (Wildman–Crippen MR) is 315 cm³/mol. The highest BCUT2D eigenvalue weighted by Gasteiger charge is 2.18. The maximum Gasteiger partial charge on any atom is 0.305 e. The van der Waals surface area contributed by atoms with Crippen LogP contribution in [0.25, 0.3) is 0 Å². The van der Waals surface area contributed by atoms with Crippen LogP contribution < -0.4 is 5.32 Å². The lowest BCUT2D eigenvalue weighted by atomic mass is 10.0. The van der Waals surface area contributed by atoms with E-state index in [9.17, 15) is 19.8 Å². The number of ether oxygens (including phenoxy) is 1. The largest absolute Gasteiger partial charge is 0.466 e. The van der Waals surface area contributed by atoms with Crippen molar-refractivity contribution in [2.75, 3.05) is 13.2 Å². The van der Waals surface area contributed by atoms with E-state index in [1.165, 1.54) is 289 Å². The molecular formula is C66H127NO5. The summed E-state index contributed by atoms with van der Waals surface area (Å²) < 4.78 is 5.49. The van der Waals surface area contributed by atoms with Crippen molar-refractivity contribution in [2.45, 2.75) is 373 Å². The van der Waals surface area contributed by atoms with Crippen molar-refractivity contribution in [3.63, 3.8) is 0 Å². The van der Waals surface area contributed by atoms with Crippen LogP contribution in [0.3, 0.4) is 0 Å². The molecule has 0 aromatic heterocycles. The summed E-state index contributed by atoms with van der Waals surface area (Å²) in [5.41, 5.74) is 0. The Kier molecular flexibility index (Phi) is 60.5. The van der Waals surface area contributed by atoms with Gasteiger partial charge in [-0.3, -0.25) is 9.59 Å². The molecular weight excluding hydrogens is 887 g/mol. The fourth-order valence-corrected chi connectivity index (χ4v) is 10.2. The summed E-state index contributed by atoms with van der Waals surface area (Å²) in [5, 5.41) is 23.2. The first kappa shape index (κ1) is 70.3. The van der Waals surface area contributed by atoms with Crippen molar-refractivity contribution in [1.82, 2.24) is 5.32 Å². The van der Waals surface area contributed by atoms with E-state index in [1.54, 1.807) is 6.08 Å². The van der Waals surface area contributed by atoms with Gasteiger partial charge in [0.2, 0.25) is 5.91 Å². The summed E-state index contributed by atoms with van der Waals surface area (Å²) in [6, 6.07) is -0.633. The summed E-state index contributed by atoms with van der Waals surface area (Å²) in [6.07, 6.45) is 76.5. The highest BCUT2D eigenvalue weighted by atomic mass is 16.5. The standard InChI is InChI=1S/C66H127NO5/c1-3-5-7-9-11-13-15-17-19-21-23-24-26-30-34-38-42-46-50-54-58-64(69)63(62-68)67-65(70)59-55-51-47-43-39-35-31-27-25-29-33-37-41-45-49-53-57-61-72-66(71)60-56-52-48-44-40-36-32-28-22-20-18-16-14-12-10-8-6-4-2/h20,22,54,58,63-64,68-69H,3-19,21,23-53,55-57,59-62H2,1-2H3,(H,67,70)/b22-20-,58-54+. The Bertz CT molecular complexity index is 1120. The molecule has 2 unspecified atom stereocenters. The molecule has 3 N–H and O–H groups in total. The molecule has 0 saturated heterocycles. The van der Waals surface area contributed by atoms with E-state index in [-0.39, 0.29) is 18.5 Å². The van der Waals surface area contributed by atoms with Gasteiger partial charge in [-0.15, -0.1) is 0 Å². The summed E-state index contributed by atoms with van der Waals surface area (Å²) in [5.74, 6) is -0.0677. The van der Waals surface area contributed by atoms with E-state index in [0.29, 0.717) is 19.4 Å². The Hall–Kier alpha value is -1.66. The summed E-state index contributed by atoms with van der Waals surface area (Å²) >= 11 is 0. The Morgan fingerprint density at radius 2 is 0.653 bits per heavy atom. The zero-order valence-corrected chi connectivity index (χ0v) is 48.7. The van der Waals surface area contributed by atoms with E-state index in [2.05, 4.69) is 31.3 Å². The van der Waals surface area contributed by atoms with Crippen molar-refractivity contribution >= 4 is 11.9 Å². The molecule has 0 aliphatic heterocycles. The molecule has 1 amide bonds. The quantitative estimate of drug-likeness (QED) is 0.0320. The number of nitrogens with one attached hydrogen (secondary N) is 1. The molecule has 0 heterocycles. The number of aliphatic hydroxyl groups excluding tert-OH is 2. The van der Waals surface area contributed by atoms with Crippen molar-refractivity contribution in [3.05, 3.63) is 24.3 Å². The van der Waals surface area contributed by atoms with Gasteiger partial charge in [0.15, 0.2) is 0 Å². The number of hydrogen-bond donors (Lipinski definition) is 3. The fourth-order valence-electron chi connectivity index (χ4n) is 10.2. The molecule has 72 heavy (non-hydrogen) atoms. The van der Waals surface area contributed by atoms with Gasteiger partial charge in [-0.25, -0.2) is 0 Å². The number of carbonyl (C=O) groups excluding carboxylic acids is 2. The minimum atomic E-state index is -0.849. The number of amides is 1. The minimum Gasteiger partial charge on any atom is -0.466 e. The van der Waals surface area contributed by atoms with Crippen LogP contribution in [0.4, 0.5) is 0 Å². The van der Waals surface area contributed by atoms with Gasteiger partial charge in [0.1, 0.15) is 0 Å². The van der Waals surface area contributed by atoms with Gasteiger partial charge in [-0.2, -0.15) is 0 Å². The topological polar surface area (TPSA) is 95.9 Å². The van der Waals surface area contributed by atoms with Crippen LogP contribution in [-0.4, -0.2) is 47.4 Å². The van der Waals surface area contributed by atoms with Gasteiger partial charge < -0.3 is 20.3 Å². The van der Waals surface area contributed by atoms with Crippen LogP contribution in [0.5, 0.6) is 0 Å². The first-order valence-electron chi connectivity index (χ1n) is 32.6. The lowest BCUT2D eigenvalue weighted by Crippen LogP contribution is -2.45. The maximum absolute atomic E-state index is 12.5. The average molecular weight is 1010 g/mol. The van der Waals surface area contributed by atoms with Crippen LogP contribution in [0.15, 0.2) is 24.3 Å². The van der Waals surface area contributed by atoms with Crippen LogP contribution in [0.1, 0.15) is 361 Å². The molecule has 0 radical (unpaired) electrons. The second-order valence-corrected chi connectivity index (χ2v) is 22.5. The Morgan fingerprint density at radius 1 is 0.375 bits per heavy atom. The smallest absolute Gasteiger partial charge is 0.305 e. The molecule has 0 spiro atoms. The van der Waals surface area contributed by atoms with Crippen molar-refractivity contribution < 1.29 is 24.5 Å². The average Bonchev–Trinajstić information content (AvgIpc) is 3.38. The van der Waals surface area contributed by atoms with E-state index in [0.717, 1.165) is 44.9 Å². The van der Waals surface area contributed by atoms with Crippen LogP contribution in [0.2, 0.25) is 0 Å². The third-order valence-corrected chi connectivity index (χ3v) is 15.2. The molecule has 6 nitrogen and oxygen atoms in total. The van der Waals surface area contributed by atoms with E-state index in [4.69, 9.17) is 4.74 Å². The lowest BCUT2D eigenvalue weighted by molar-refractivity contribution is -0.143. The molecule has 2 atom stereocenters. The third-order valence-electron chi connectivity index (χ3n) is 15.2. The molecule has 6 heteroatoms. The molecule has 0 fully saturated rings. The monoisotopic (exact) mass is 1010 g/mol. The molecule has 0 bridgehead atoms.